The predicted molar refractivity (Wildman–Crippen MR) is 142 cm³/mol. The van der Waals surface area contributed by atoms with Crippen molar-refractivity contribution < 1.29 is 9.59 Å². The molecule has 2 fully saturated rings. The molecule has 1 aliphatic carbocycles. The summed E-state index contributed by atoms with van der Waals surface area (Å²) in [7, 11) is 0. The normalized spacial score (nSPS) is 20.2. The standard InChI is InChI=1S/C29H41N5O2/c1-18-13-19(2)15-23(14-18)24-16-25(32-21(4)31-24)26-11-8-12-34(26)29(36)27(22-9-6-5-7-10-22)33-28(35)20(3)17-30/h13-16,20,22,26-27H,5-12,17,30H2,1-4H3,(H,33,35). The van der Waals surface area contributed by atoms with Crippen LogP contribution in [0, 0.1) is 32.6 Å². The van der Waals surface area contributed by atoms with Gasteiger partial charge in [0.2, 0.25) is 11.8 Å². The van der Waals surface area contributed by atoms with E-state index in [0.717, 1.165) is 55.5 Å². The van der Waals surface area contributed by atoms with Gasteiger partial charge in [-0.25, -0.2) is 9.97 Å². The molecule has 2 aromatic rings. The molecule has 4 rings (SSSR count). The fraction of sp³-hybridized carbons (Fsp3) is 0.586. The predicted octanol–water partition coefficient (Wildman–Crippen LogP) is 4.39. The maximum atomic E-state index is 14.0. The molecule has 2 aliphatic rings. The summed E-state index contributed by atoms with van der Waals surface area (Å²) in [6.45, 7) is 8.86. The number of nitrogens with two attached hydrogens (primary N) is 1. The number of amides is 2. The van der Waals surface area contributed by atoms with E-state index in [-0.39, 0.29) is 36.2 Å². The Morgan fingerprint density at radius 1 is 1.00 bits per heavy atom. The number of nitrogens with one attached hydrogen (secondary N) is 1. The highest BCUT2D eigenvalue weighted by atomic mass is 16.2. The zero-order chi connectivity index (χ0) is 25.8. The van der Waals surface area contributed by atoms with Gasteiger partial charge < -0.3 is 16.0 Å². The average Bonchev–Trinajstić information content (AvgIpc) is 3.36. The summed E-state index contributed by atoms with van der Waals surface area (Å²) >= 11 is 0. The number of carbonyl (C=O) groups is 2. The summed E-state index contributed by atoms with van der Waals surface area (Å²) < 4.78 is 0. The lowest BCUT2D eigenvalue weighted by atomic mass is 9.83. The minimum Gasteiger partial charge on any atom is -0.344 e. The first-order valence-corrected chi connectivity index (χ1v) is 13.5. The third kappa shape index (κ3) is 5.94. The van der Waals surface area contributed by atoms with Crippen LogP contribution in [0.1, 0.15) is 80.6 Å². The molecule has 0 bridgehead atoms. The van der Waals surface area contributed by atoms with Crippen molar-refractivity contribution in [3.8, 4) is 11.3 Å². The van der Waals surface area contributed by atoms with E-state index in [2.05, 4.69) is 37.4 Å². The van der Waals surface area contributed by atoms with Crippen LogP contribution in [0.15, 0.2) is 24.3 Å². The largest absolute Gasteiger partial charge is 0.344 e. The molecule has 7 heteroatoms. The molecule has 1 saturated heterocycles. The highest BCUT2D eigenvalue weighted by Gasteiger charge is 2.39. The maximum Gasteiger partial charge on any atom is 0.246 e. The second-order valence-corrected chi connectivity index (χ2v) is 10.8. The van der Waals surface area contributed by atoms with E-state index in [1.807, 2.05) is 24.8 Å². The molecule has 3 N–H and O–H groups in total. The van der Waals surface area contributed by atoms with Crippen molar-refractivity contribution in [1.82, 2.24) is 20.2 Å². The van der Waals surface area contributed by atoms with Crippen LogP contribution in [0.25, 0.3) is 11.3 Å². The first-order valence-electron chi connectivity index (χ1n) is 13.5. The molecule has 1 aromatic carbocycles. The number of carbonyl (C=O) groups excluding carboxylic acids is 2. The summed E-state index contributed by atoms with van der Waals surface area (Å²) in [5.41, 5.74) is 11.0. The first kappa shape index (κ1) is 26.3. The van der Waals surface area contributed by atoms with Crippen molar-refractivity contribution in [2.24, 2.45) is 17.6 Å². The number of aryl methyl sites for hydroxylation is 3. The van der Waals surface area contributed by atoms with Crippen LogP contribution >= 0.6 is 0 Å². The molecular weight excluding hydrogens is 450 g/mol. The van der Waals surface area contributed by atoms with Gasteiger partial charge in [-0.3, -0.25) is 9.59 Å². The van der Waals surface area contributed by atoms with Gasteiger partial charge in [-0.15, -0.1) is 0 Å². The van der Waals surface area contributed by atoms with Gasteiger partial charge in [-0.2, -0.15) is 0 Å². The molecule has 194 valence electrons. The average molecular weight is 492 g/mol. The molecule has 1 saturated carbocycles. The third-order valence-electron chi connectivity index (χ3n) is 7.74. The van der Waals surface area contributed by atoms with Crippen molar-refractivity contribution >= 4 is 11.8 Å². The molecule has 1 aromatic heterocycles. The van der Waals surface area contributed by atoms with Crippen LogP contribution < -0.4 is 11.1 Å². The smallest absolute Gasteiger partial charge is 0.246 e. The minimum absolute atomic E-state index is 0.0196. The summed E-state index contributed by atoms with van der Waals surface area (Å²) in [6, 6.07) is 7.86. The number of hydrogen-bond acceptors (Lipinski definition) is 5. The number of likely N-dealkylation sites (tertiary alicyclic amines) is 1. The Kier molecular flexibility index (Phi) is 8.39. The van der Waals surface area contributed by atoms with Crippen LogP contribution in [0.4, 0.5) is 0 Å². The number of aromatic nitrogens is 2. The molecule has 7 nitrogen and oxygen atoms in total. The molecule has 1 aliphatic heterocycles. The topological polar surface area (TPSA) is 101 Å². The van der Waals surface area contributed by atoms with Crippen LogP contribution in [0.3, 0.4) is 0 Å². The van der Waals surface area contributed by atoms with E-state index in [4.69, 9.17) is 15.7 Å². The van der Waals surface area contributed by atoms with Crippen LogP contribution in [-0.2, 0) is 9.59 Å². The van der Waals surface area contributed by atoms with Crippen LogP contribution in [0.2, 0.25) is 0 Å². The lowest BCUT2D eigenvalue weighted by Crippen LogP contribution is -2.54. The Morgan fingerprint density at radius 2 is 1.69 bits per heavy atom. The van der Waals surface area contributed by atoms with E-state index in [9.17, 15) is 9.59 Å². The van der Waals surface area contributed by atoms with Gasteiger partial charge in [0.1, 0.15) is 11.9 Å². The second kappa shape index (κ2) is 11.5. The molecular formula is C29H41N5O2. The van der Waals surface area contributed by atoms with Crippen molar-refractivity contribution in [2.45, 2.75) is 84.7 Å². The molecule has 2 heterocycles. The number of benzene rings is 1. The number of nitrogens with zero attached hydrogens (tertiary/aromatic N) is 3. The zero-order valence-electron chi connectivity index (χ0n) is 22.2. The first-order chi connectivity index (χ1) is 17.3. The molecule has 36 heavy (non-hydrogen) atoms. The van der Waals surface area contributed by atoms with Crippen molar-refractivity contribution in [3.05, 3.63) is 46.9 Å². The van der Waals surface area contributed by atoms with Gasteiger partial charge in [0, 0.05) is 24.6 Å². The Balaban J connectivity index is 1.63. The highest BCUT2D eigenvalue weighted by Crippen LogP contribution is 2.35. The van der Waals surface area contributed by atoms with Gasteiger partial charge in [0.25, 0.3) is 0 Å². The van der Waals surface area contributed by atoms with E-state index < -0.39 is 6.04 Å². The molecule has 3 atom stereocenters. The molecule has 3 unspecified atom stereocenters. The van der Waals surface area contributed by atoms with Crippen molar-refractivity contribution in [3.63, 3.8) is 0 Å². The Morgan fingerprint density at radius 3 is 2.36 bits per heavy atom. The van der Waals surface area contributed by atoms with Crippen LogP contribution in [0.5, 0.6) is 0 Å². The summed E-state index contributed by atoms with van der Waals surface area (Å²) in [4.78, 5) is 38.3. The van der Waals surface area contributed by atoms with E-state index >= 15 is 0 Å². The van der Waals surface area contributed by atoms with Gasteiger partial charge in [0.05, 0.1) is 17.4 Å². The Bertz CT molecular complexity index is 1070. The molecule has 0 radical (unpaired) electrons. The van der Waals surface area contributed by atoms with Crippen molar-refractivity contribution in [1.29, 1.82) is 0 Å². The second-order valence-electron chi connectivity index (χ2n) is 10.8. The lowest BCUT2D eigenvalue weighted by Gasteiger charge is -2.35. The molecule has 0 spiro atoms. The van der Waals surface area contributed by atoms with Gasteiger partial charge in [-0.05, 0) is 70.6 Å². The summed E-state index contributed by atoms with van der Waals surface area (Å²) in [6.07, 6.45) is 7.11. The van der Waals surface area contributed by atoms with Gasteiger partial charge in [0.15, 0.2) is 0 Å². The van der Waals surface area contributed by atoms with Crippen LogP contribution in [-0.4, -0.2) is 45.8 Å². The monoisotopic (exact) mass is 491 g/mol. The van der Waals surface area contributed by atoms with E-state index in [1.54, 1.807) is 0 Å². The minimum atomic E-state index is -0.505. The lowest BCUT2D eigenvalue weighted by molar-refractivity contribution is -0.140. The zero-order valence-corrected chi connectivity index (χ0v) is 22.2. The maximum absolute atomic E-state index is 14.0. The number of rotatable bonds is 7. The molecule has 2 amide bonds. The highest BCUT2D eigenvalue weighted by molar-refractivity contribution is 5.89. The number of hydrogen-bond donors (Lipinski definition) is 2. The summed E-state index contributed by atoms with van der Waals surface area (Å²) in [5, 5.41) is 3.10. The SMILES string of the molecule is Cc1cc(C)cc(-c2cc(C3CCCN3C(=O)C(NC(=O)C(C)CN)C3CCCCC3)nc(C)n2)c1. The third-order valence-corrected chi connectivity index (χ3v) is 7.74. The van der Waals surface area contributed by atoms with E-state index in [0.29, 0.717) is 12.4 Å². The van der Waals surface area contributed by atoms with Crippen molar-refractivity contribution in [2.75, 3.05) is 13.1 Å². The summed E-state index contributed by atoms with van der Waals surface area (Å²) in [5.74, 6) is 0.440. The Labute approximate surface area is 215 Å². The fourth-order valence-corrected chi connectivity index (χ4v) is 5.80. The van der Waals surface area contributed by atoms with Gasteiger partial charge >= 0.3 is 0 Å². The van der Waals surface area contributed by atoms with E-state index in [1.165, 1.54) is 17.5 Å². The van der Waals surface area contributed by atoms with Gasteiger partial charge in [-0.1, -0.05) is 43.4 Å². The Hall–Kier alpha value is -2.80. The fourth-order valence-electron chi connectivity index (χ4n) is 5.80. The quantitative estimate of drug-likeness (QED) is 0.598.